The van der Waals surface area contributed by atoms with E-state index in [4.69, 9.17) is 17.0 Å². The van der Waals surface area contributed by atoms with Gasteiger partial charge in [0.25, 0.3) is 5.91 Å². The molecule has 0 fully saturated rings. The summed E-state index contributed by atoms with van der Waals surface area (Å²) in [7, 11) is 0. The second-order valence-electron chi connectivity index (χ2n) is 7.12. The van der Waals surface area contributed by atoms with Gasteiger partial charge in [-0.05, 0) is 48.6 Å². The van der Waals surface area contributed by atoms with Crippen LogP contribution >= 0.6 is 12.2 Å². The fourth-order valence-electron chi connectivity index (χ4n) is 3.44. The lowest BCUT2D eigenvalue weighted by Gasteiger charge is -2.10. The Balaban J connectivity index is 1.31. The van der Waals surface area contributed by atoms with Crippen LogP contribution in [0.25, 0.3) is 11.3 Å². The zero-order valence-electron chi connectivity index (χ0n) is 16.9. The zero-order valence-corrected chi connectivity index (χ0v) is 17.8. The minimum absolute atomic E-state index is 0.279. The SMILES string of the molecule is O=C(Nc1cccc(OCc2cn3ccccc3n2)c1)c1c[nH]c(=S)n1-c1ccccc1. The number of nitrogens with zero attached hydrogens (tertiary/aromatic N) is 3. The first kappa shape index (κ1) is 19.8. The Morgan fingerprint density at radius 3 is 2.75 bits per heavy atom. The van der Waals surface area contributed by atoms with Gasteiger partial charge in [-0.2, -0.15) is 0 Å². The molecule has 0 bridgehead atoms. The highest BCUT2D eigenvalue weighted by atomic mass is 32.1. The second kappa shape index (κ2) is 8.52. The number of carbonyl (C=O) groups is 1. The molecule has 1 amide bonds. The highest BCUT2D eigenvalue weighted by molar-refractivity contribution is 7.71. The van der Waals surface area contributed by atoms with E-state index in [1.807, 2.05) is 83.5 Å². The van der Waals surface area contributed by atoms with Gasteiger partial charge in [-0.3, -0.25) is 9.36 Å². The van der Waals surface area contributed by atoms with E-state index in [1.165, 1.54) is 0 Å². The maximum absolute atomic E-state index is 13.0. The molecule has 0 aliphatic heterocycles. The predicted molar refractivity (Wildman–Crippen MR) is 125 cm³/mol. The van der Waals surface area contributed by atoms with Crippen molar-refractivity contribution in [2.24, 2.45) is 0 Å². The van der Waals surface area contributed by atoms with Crippen LogP contribution in [0, 0.1) is 4.77 Å². The number of hydrogen-bond donors (Lipinski definition) is 2. The number of imidazole rings is 2. The molecule has 3 aromatic heterocycles. The summed E-state index contributed by atoms with van der Waals surface area (Å²) in [5, 5.41) is 2.92. The number of aromatic nitrogens is 4. The lowest BCUT2D eigenvalue weighted by Crippen LogP contribution is -2.16. The quantitative estimate of drug-likeness (QED) is 0.363. The van der Waals surface area contributed by atoms with Crippen molar-refractivity contribution >= 4 is 29.5 Å². The number of pyridine rings is 1. The molecule has 7 nitrogen and oxygen atoms in total. The van der Waals surface area contributed by atoms with E-state index < -0.39 is 0 Å². The molecule has 5 rings (SSSR count). The third-order valence-corrected chi connectivity index (χ3v) is 5.22. The van der Waals surface area contributed by atoms with Crippen LogP contribution in [0.15, 0.2) is 91.4 Å². The molecule has 5 aromatic rings. The highest BCUT2D eigenvalue weighted by Gasteiger charge is 2.15. The molecule has 0 atom stereocenters. The summed E-state index contributed by atoms with van der Waals surface area (Å²) in [6, 6.07) is 22.6. The number of hydrogen-bond acceptors (Lipinski definition) is 4. The van der Waals surface area contributed by atoms with E-state index in [1.54, 1.807) is 16.8 Å². The van der Waals surface area contributed by atoms with Crippen molar-refractivity contribution in [3.05, 3.63) is 108 Å². The first-order valence-corrected chi connectivity index (χ1v) is 10.4. The van der Waals surface area contributed by atoms with Crippen LogP contribution in [0.2, 0.25) is 0 Å². The molecule has 3 heterocycles. The summed E-state index contributed by atoms with van der Waals surface area (Å²) in [6.07, 6.45) is 5.48. The monoisotopic (exact) mass is 441 g/mol. The van der Waals surface area contributed by atoms with E-state index in [9.17, 15) is 4.79 Å². The molecule has 158 valence electrons. The van der Waals surface area contributed by atoms with Crippen molar-refractivity contribution in [2.75, 3.05) is 5.32 Å². The van der Waals surface area contributed by atoms with Gasteiger partial charge < -0.3 is 19.4 Å². The first-order valence-electron chi connectivity index (χ1n) is 10.00. The maximum Gasteiger partial charge on any atom is 0.274 e. The van der Waals surface area contributed by atoms with Crippen LogP contribution in [-0.2, 0) is 6.61 Å². The molecular formula is C24H19N5O2S. The Bertz CT molecular complexity index is 1420. The van der Waals surface area contributed by atoms with Crippen LogP contribution in [-0.4, -0.2) is 24.8 Å². The molecular weight excluding hydrogens is 422 g/mol. The van der Waals surface area contributed by atoms with Crippen molar-refractivity contribution in [1.82, 2.24) is 18.9 Å². The maximum atomic E-state index is 13.0. The number of rotatable bonds is 6. The van der Waals surface area contributed by atoms with Crippen LogP contribution in [0.4, 0.5) is 5.69 Å². The van der Waals surface area contributed by atoms with Gasteiger partial charge in [-0.15, -0.1) is 0 Å². The van der Waals surface area contributed by atoms with Gasteiger partial charge in [-0.1, -0.05) is 30.3 Å². The number of nitrogens with one attached hydrogen (secondary N) is 2. The number of aromatic amines is 1. The van der Waals surface area contributed by atoms with Gasteiger partial charge in [0.05, 0.1) is 5.69 Å². The summed E-state index contributed by atoms with van der Waals surface area (Å²) in [5.74, 6) is 0.354. The normalized spacial score (nSPS) is 10.9. The average Bonchev–Trinajstić information content (AvgIpc) is 3.41. The molecule has 0 radical (unpaired) electrons. The molecule has 0 saturated heterocycles. The molecule has 2 aromatic carbocycles. The Morgan fingerprint density at radius 1 is 1.06 bits per heavy atom. The summed E-state index contributed by atoms with van der Waals surface area (Å²) in [4.78, 5) is 20.4. The average molecular weight is 442 g/mol. The fourth-order valence-corrected chi connectivity index (χ4v) is 3.70. The lowest BCUT2D eigenvalue weighted by molar-refractivity contribution is 0.102. The van der Waals surface area contributed by atoms with E-state index in [2.05, 4.69) is 15.3 Å². The Morgan fingerprint density at radius 2 is 1.91 bits per heavy atom. The molecule has 32 heavy (non-hydrogen) atoms. The van der Waals surface area contributed by atoms with Crippen LogP contribution in [0.5, 0.6) is 5.75 Å². The summed E-state index contributed by atoms with van der Waals surface area (Å²) < 4.78 is 9.99. The van der Waals surface area contributed by atoms with Crippen molar-refractivity contribution in [2.45, 2.75) is 6.61 Å². The van der Waals surface area contributed by atoms with Gasteiger partial charge >= 0.3 is 0 Å². The van der Waals surface area contributed by atoms with Crippen molar-refractivity contribution in [1.29, 1.82) is 0 Å². The van der Waals surface area contributed by atoms with E-state index >= 15 is 0 Å². The number of anilines is 1. The van der Waals surface area contributed by atoms with Crippen molar-refractivity contribution in [3.8, 4) is 11.4 Å². The minimum atomic E-state index is -0.279. The number of carbonyl (C=O) groups excluding carboxylic acids is 1. The molecule has 0 aliphatic carbocycles. The van der Waals surface area contributed by atoms with Gasteiger partial charge in [0, 0.05) is 36.0 Å². The van der Waals surface area contributed by atoms with Gasteiger partial charge in [0.2, 0.25) is 0 Å². The van der Waals surface area contributed by atoms with Crippen molar-refractivity contribution in [3.63, 3.8) is 0 Å². The zero-order chi connectivity index (χ0) is 21.9. The number of benzene rings is 2. The lowest BCUT2D eigenvalue weighted by atomic mass is 10.2. The number of H-pyrrole nitrogens is 1. The fraction of sp³-hybridized carbons (Fsp3) is 0.0417. The van der Waals surface area contributed by atoms with Crippen LogP contribution in [0.3, 0.4) is 0 Å². The summed E-state index contributed by atoms with van der Waals surface area (Å²) >= 11 is 5.36. The second-order valence-corrected chi connectivity index (χ2v) is 7.51. The first-order chi connectivity index (χ1) is 15.7. The molecule has 0 saturated carbocycles. The molecule has 8 heteroatoms. The van der Waals surface area contributed by atoms with Gasteiger partial charge in [0.1, 0.15) is 23.7 Å². The molecule has 0 aliphatic rings. The van der Waals surface area contributed by atoms with Gasteiger partial charge in [0.15, 0.2) is 4.77 Å². The topological polar surface area (TPSA) is 76.3 Å². The minimum Gasteiger partial charge on any atom is -0.487 e. The molecule has 2 N–H and O–H groups in total. The Kier molecular flexibility index (Phi) is 5.27. The predicted octanol–water partition coefficient (Wildman–Crippen LogP) is 5.01. The van der Waals surface area contributed by atoms with E-state index in [0.717, 1.165) is 17.0 Å². The number of fused-ring (bicyclic) bond motifs is 1. The third-order valence-electron chi connectivity index (χ3n) is 4.92. The van der Waals surface area contributed by atoms with Crippen molar-refractivity contribution < 1.29 is 9.53 Å². The highest BCUT2D eigenvalue weighted by Crippen LogP contribution is 2.20. The standard InChI is InChI=1S/C24H19N5O2S/c30-23(21-14-25-24(32)29(21)19-8-2-1-3-9-19)27-17-7-6-10-20(13-17)31-16-18-15-28-12-5-4-11-22(28)26-18/h1-15H,16H2,(H,25,32)(H,27,30). The summed E-state index contributed by atoms with van der Waals surface area (Å²) in [6.45, 7) is 0.324. The van der Waals surface area contributed by atoms with E-state index in [-0.39, 0.29) is 5.91 Å². The number of para-hydroxylation sites is 1. The third kappa shape index (κ3) is 4.03. The summed E-state index contributed by atoms with van der Waals surface area (Å²) in [5.41, 5.74) is 3.53. The molecule has 0 spiro atoms. The smallest absolute Gasteiger partial charge is 0.274 e. The van der Waals surface area contributed by atoms with Crippen LogP contribution in [0.1, 0.15) is 16.2 Å². The number of ether oxygens (including phenoxy) is 1. The number of amides is 1. The molecule has 0 unspecified atom stereocenters. The van der Waals surface area contributed by atoms with Crippen LogP contribution < -0.4 is 10.1 Å². The Hall–Kier alpha value is -4.17. The largest absolute Gasteiger partial charge is 0.487 e. The Labute approximate surface area is 188 Å². The van der Waals surface area contributed by atoms with Gasteiger partial charge in [-0.25, -0.2) is 4.98 Å². The van der Waals surface area contributed by atoms with E-state index in [0.29, 0.717) is 28.5 Å².